The highest BCUT2D eigenvalue weighted by Crippen LogP contribution is 2.31. The quantitative estimate of drug-likeness (QED) is 0.462. The molecular formula is C25H36N4O6S. The van der Waals surface area contributed by atoms with E-state index in [1.807, 2.05) is 39.8 Å². The lowest BCUT2D eigenvalue weighted by atomic mass is 10.1. The summed E-state index contributed by atoms with van der Waals surface area (Å²) in [5.74, 6) is -0.0277. The van der Waals surface area contributed by atoms with E-state index in [-0.39, 0.29) is 34.9 Å². The van der Waals surface area contributed by atoms with E-state index >= 15 is 0 Å². The minimum atomic E-state index is -4.19. The largest absolute Gasteiger partial charge is 0.493 e. The van der Waals surface area contributed by atoms with Gasteiger partial charge in [-0.1, -0.05) is 6.07 Å². The van der Waals surface area contributed by atoms with E-state index in [0.717, 1.165) is 0 Å². The molecule has 0 aromatic heterocycles. The molecule has 0 radical (unpaired) electrons. The fourth-order valence-electron chi connectivity index (χ4n) is 3.15. The Kier molecular flexibility index (Phi) is 9.71. The van der Waals surface area contributed by atoms with Crippen molar-refractivity contribution in [3.63, 3.8) is 0 Å². The van der Waals surface area contributed by atoms with E-state index < -0.39 is 15.7 Å². The number of nitrogens with one attached hydrogen (secondary N) is 2. The number of carbonyl (C=O) groups excluding carboxylic acids is 2. The fraction of sp³-hybridized carbons (Fsp3) is 0.440. The third-order valence-electron chi connectivity index (χ3n) is 4.85. The lowest BCUT2D eigenvalue weighted by Crippen LogP contribution is -2.49. The zero-order valence-corrected chi connectivity index (χ0v) is 22.7. The van der Waals surface area contributed by atoms with Crippen molar-refractivity contribution < 1.29 is 26.9 Å². The molecule has 3 amide bonds. The van der Waals surface area contributed by atoms with Crippen LogP contribution in [0.1, 0.15) is 33.3 Å². The number of carbonyl (C=O) groups is 2. The second-order valence-electron chi connectivity index (χ2n) is 9.63. The molecule has 0 fully saturated rings. The van der Waals surface area contributed by atoms with Crippen molar-refractivity contribution in [1.29, 1.82) is 0 Å². The number of benzene rings is 2. The molecule has 0 aliphatic carbocycles. The average molecular weight is 521 g/mol. The van der Waals surface area contributed by atoms with Crippen LogP contribution in [-0.4, -0.2) is 70.0 Å². The van der Waals surface area contributed by atoms with Crippen molar-refractivity contribution in [2.75, 3.05) is 39.6 Å². The summed E-state index contributed by atoms with van der Waals surface area (Å²) in [6, 6.07) is 10.3. The summed E-state index contributed by atoms with van der Waals surface area (Å²) < 4.78 is 36.6. The molecule has 0 saturated heterocycles. The van der Waals surface area contributed by atoms with Crippen LogP contribution in [0, 0.1) is 0 Å². The predicted octanol–water partition coefficient (Wildman–Crippen LogP) is 3.29. The summed E-state index contributed by atoms with van der Waals surface area (Å²) in [4.78, 5) is 27.7. The molecule has 0 bridgehead atoms. The molecule has 0 unspecified atom stereocenters. The number of hydrogen-bond donors (Lipinski definition) is 2. The van der Waals surface area contributed by atoms with Gasteiger partial charge in [-0.25, -0.2) is 4.79 Å². The number of rotatable bonds is 10. The number of anilines is 1. The molecule has 0 heterocycles. The number of methoxy groups -OCH3 is 1. The average Bonchev–Trinajstić information content (AvgIpc) is 2.75. The van der Waals surface area contributed by atoms with E-state index in [0.29, 0.717) is 24.3 Å². The summed E-state index contributed by atoms with van der Waals surface area (Å²) in [5.41, 5.74) is 0.725. The molecular weight excluding hydrogens is 484 g/mol. The summed E-state index contributed by atoms with van der Waals surface area (Å²) in [6.45, 7) is 8.44. The van der Waals surface area contributed by atoms with Gasteiger partial charge in [0, 0.05) is 37.8 Å². The molecule has 36 heavy (non-hydrogen) atoms. The SMILES string of the molecule is COc1ccc(CN(CCN(C)C)C(=O)NC(C)(C)C)cc1OS(=O)(=O)c1ccc(NC(C)=O)cc1. The molecule has 2 aromatic carbocycles. The van der Waals surface area contributed by atoms with Crippen molar-refractivity contribution >= 4 is 27.7 Å². The van der Waals surface area contributed by atoms with Gasteiger partial charge in [-0.2, -0.15) is 8.42 Å². The van der Waals surface area contributed by atoms with Crippen LogP contribution in [0.4, 0.5) is 10.5 Å². The highest BCUT2D eigenvalue weighted by molar-refractivity contribution is 7.87. The van der Waals surface area contributed by atoms with Crippen LogP contribution in [0.5, 0.6) is 11.5 Å². The van der Waals surface area contributed by atoms with Gasteiger partial charge >= 0.3 is 16.1 Å². The van der Waals surface area contributed by atoms with Crippen molar-refractivity contribution in [3.8, 4) is 11.5 Å². The summed E-state index contributed by atoms with van der Waals surface area (Å²) >= 11 is 0. The molecule has 11 heteroatoms. The van der Waals surface area contributed by atoms with Gasteiger partial charge < -0.3 is 29.4 Å². The zero-order valence-electron chi connectivity index (χ0n) is 21.9. The van der Waals surface area contributed by atoms with Gasteiger partial charge in [0.05, 0.1) is 7.11 Å². The van der Waals surface area contributed by atoms with E-state index in [9.17, 15) is 18.0 Å². The number of amides is 3. The predicted molar refractivity (Wildman–Crippen MR) is 139 cm³/mol. The van der Waals surface area contributed by atoms with Crippen LogP contribution in [-0.2, 0) is 21.5 Å². The first-order valence-corrected chi connectivity index (χ1v) is 12.8. The molecule has 0 saturated carbocycles. The molecule has 2 rings (SSSR count). The van der Waals surface area contributed by atoms with Gasteiger partial charge in [0.2, 0.25) is 5.91 Å². The third-order valence-corrected chi connectivity index (χ3v) is 6.10. The monoisotopic (exact) mass is 520 g/mol. The topological polar surface area (TPSA) is 117 Å². The van der Waals surface area contributed by atoms with Gasteiger partial charge in [0.15, 0.2) is 11.5 Å². The lowest BCUT2D eigenvalue weighted by molar-refractivity contribution is -0.114. The van der Waals surface area contributed by atoms with Gasteiger partial charge in [-0.05, 0) is 76.8 Å². The Morgan fingerprint density at radius 2 is 1.61 bits per heavy atom. The van der Waals surface area contributed by atoms with Crippen molar-refractivity contribution in [1.82, 2.24) is 15.1 Å². The highest BCUT2D eigenvalue weighted by Gasteiger charge is 2.23. The zero-order chi connectivity index (χ0) is 27.1. The van der Waals surface area contributed by atoms with Gasteiger partial charge in [-0.15, -0.1) is 0 Å². The summed E-state index contributed by atoms with van der Waals surface area (Å²) in [5, 5.41) is 5.55. The molecule has 198 valence electrons. The fourth-order valence-corrected chi connectivity index (χ4v) is 4.08. The van der Waals surface area contributed by atoms with Crippen molar-refractivity contribution in [3.05, 3.63) is 48.0 Å². The molecule has 0 aliphatic heterocycles. The number of hydrogen-bond acceptors (Lipinski definition) is 7. The maximum absolute atomic E-state index is 12.9. The van der Waals surface area contributed by atoms with E-state index in [1.54, 1.807) is 23.1 Å². The van der Waals surface area contributed by atoms with Gasteiger partial charge in [0.1, 0.15) is 4.90 Å². The van der Waals surface area contributed by atoms with Crippen LogP contribution in [0.2, 0.25) is 0 Å². The van der Waals surface area contributed by atoms with Crippen molar-refractivity contribution in [2.45, 2.75) is 44.7 Å². The number of ether oxygens (including phenoxy) is 1. The molecule has 10 nitrogen and oxygen atoms in total. The van der Waals surface area contributed by atoms with Crippen LogP contribution >= 0.6 is 0 Å². The Bertz CT molecular complexity index is 1160. The lowest BCUT2D eigenvalue weighted by Gasteiger charge is -2.29. The van der Waals surface area contributed by atoms with Crippen LogP contribution in [0.25, 0.3) is 0 Å². The normalized spacial score (nSPS) is 11.7. The third kappa shape index (κ3) is 9.04. The Morgan fingerprint density at radius 3 is 2.14 bits per heavy atom. The number of urea groups is 1. The number of nitrogens with zero attached hydrogens (tertiary/aromatic N) is 2. The Labute approximate surface area is 213 Å². The Balaban J connectivity index is 2.30. The summed E-state index contributed by atoms with van der Waals surface area (Å²) in [6.07, 6.45) is 0. The molecule has 0 aliphatic rings. The molecule has 2 aromatic rings. The number of likely N-dealkylation sites (N-methyl/N-ethyl adjacent to an activating group) is 1. The molecule has 2 N–H and O–H groups in total. The van der Waals surface area contributed by atoms with Crippen molar-refractivity contribution in [2.24, 2.45) is 0 Å². The maximum Gasteiger partial charge on any atom is 0.339 e. The first-order valence-electron chi connectivity index (χ1n) is 11.4. The van der Waals surface area contributed by atoms with E-state index in [4.69, 9.17) is 8.92 Å². The van der Waals surface area contributed by atoms with Gasteiger partial charge in [0.25, 0.3) is 0 Å². The first kappa shape index (κ1) is 28.9. The van der Waals surface area contributed by atoms with Crippen LogP contribution in [0.3, 0.4) is 0 Å². The summed E-state index contributed by atoms with van der Waals surface area (Å²) in [7, 11) is 1.07. The Morgan fingerprint density at radius 1 is 0.972 bits per heavy atom. The van der Waals surface area contributed by atoms with Crippen LogP contribution < -0.4 is 19.6 Å². The smallest absolute Gasteiger partial charge is 0.339 e. The van der Waals surface area contributed by atoms with E-state index in [2.05, 4.69) is 10.6 Å². The Hall–Kier alpha value is -3.31. The van der Waals surface area contributed by atoms with E-state index in [1.165, 1.54) is 38.3 Å². The minimum Gasteiger partial charge on any atom is -0.493 e. The molecule has 0 atom stereocenters. The highest BCUT2D eigenvalue weighted by atomic mass is 32.2. The second kappa shape index (κ2) is 12.1. The first-order chi connectivity index (χ1) is 16.7. The standard InChI is InChI=1S/C25H36N4O6S/c1-18(30)26-20-9-11-21(12-10-20)36(32,33)35-23-16-19(8-13-22(23)34-7)17-29(15-14-28(5)6)24(31)27-25(2,3)4/h8-13,16H,14-15,17H2,1-7H3,(H,26,30)(H,27,31). The maximum atomic E-state index is 12.9. The molecule has 0 spiro atoms. The second-order valence-corrected chi connectivity index (χ2v) is 11.2. The minimum absolute atomic E-state index is 0.00438. The van der Waals surface area contributed by atoms with Crippen LogP contribution in [0.15, 0.2) is 47.4 Å². The van der Waals surface area contributed by atoms with Gasteiger partial charge in [-0.3, -0.25) is 4.79 Å².